The summed E-state index contributed by atoms with van der Waals surface area (Å²) in [4.78, 5) is 18.9. The molecule has 2 heterocycles. The molecule has 0 aromatic carbocycles. The van der Waals surface area contributed by atoms with Gasteiger partial charge in [-0.25, -0.2) is 4.98 Å². The zero-order chi connectivity index (χ0) is 13.3. The maximum absolute atomic E-state index is 12.5. The van der Waals surface area contributed by atoms with Gasteiger partial charge in [-0.15, -0.1) is 0 Å². The van der Waals surface area contributed by atoms with E-state index in [0.29, 0.717) is 11.9 Å². The first-order valence-electron chi connectivity index (χ1n) is 6.47. The molecule has 1 unspecified atom stereocenters. The van der Waals surface area contributed by atoms with Gasteiger partial charge in [0.1, 0.15) is 0 Å². The van der Waals surface area contributed by atoms with Crippen molar-refractivity contribution in [1.29, 1.82) is 0 Å². The first-order chi connectivity index (χ1) is 8.41. The summed E-state index contributed by atoms with van der Waals surface area (Å²) >= 11 is 0. The van der Waals surface area contributed by atoms with E-state index < -0.39 is 0 Å². The molecular weight excluding hydrogens is 228 g/mol. The topological polar surface area (TPSA) is 50.2 Å². The standard InChI is InChI=1S/C13H22N4O/c1-10-9-14-5-7-16(10)11-12(18)17(8-6-15-11)13(2,3)4/h6,8,10,14H,5,7,9H2,1-4H3. The number of nitrogens with zero attached hydrogens (tertiary/aromatic N) is 3. The molecule has 0 spiro atoms. The van der Waals surface area contributed by atoms with Gasteiger partial charge >= 0.3 is 0 Å². The van der Waals surface area contributed by atoms with E-state index in [1.165, 1.54) is 0 Å². The predicted octanol–water partition coefficient (Wildman–Crippen LogP) is 0.796. The van der Waals surface area contributed by atoms with Crippen molar-refractivity contribution >= 4 is 5.82 Å². The smallest absolute Gasteiger partial charge is 0.293 e. The zero-order valence-corrected chi connectivity index (χ0v) is 11.6. The average Bonchev–Trinajstić information content (AvgIpc) is 2.29. The van der Waals surface area contributed by atoms with Crippen molar-refractivity contribution in [2.24, 2.45) is 0 Å². The molecule has 1 aromatic rings. The van der Waals surface area contributed by atoms with Gasteiger partial charge in [0.25, 0.3) is 5.56 Å². The minimum atomic E-state index is -0.216. The molecule has 100 valence electrons. The lowest BCUT2D eigenvalue weighted by atomic mass is 10.1. The van der Waals surface area contributed by atoms with Crippen LogP contribution in [0.15, 0.2) is 17.2 Å². The van der Waals surface area contributed by atoms with E-state index in [9.17, 15) is 4.79 Å². The molecule has 1 aliphatic rings. The first-order valence-corrected chi connectivity index (χ1v) is 6.47. The Morgan fingerprint density at radius 1 is 1.44 bits per heavy atom. The molecule has 1 fully saturated rings. The lowest BCUT2D eigenvalue weighted by Gasteiger charge is -2.35. The lowest BCUT2D eigenvalue weighted by molar-refractivity contribution is 0.380. The molecule has 0 radical (unpaired) electrons. The highest BCUT2D eigenvalue weighted by molar-refractivity contribution is 5.38. The minimum Gasteiger partial charge on any atom is -0.347 e. The van der Waals surface area contributed by atoms with Crippen molar-refractivity contribution in [3.8, 4) is 0 Å². The largest absolute Gasteiger partial charge is 0.347 e. The molecular formula is C13H22N4O. The van der Waals surface area contributed by atoms with E-state index in [2.05, 4.69) is 22.1 Å². The van der Waals surface area contributed by atoms with Crippen LogP contribution < -0.4 is 15.8 Å². The van der Waals surface area contributed by atoms with Gasteiger partial charge in [-0.1, -0.05) is 0 Å². The molecule has 0 aliphatic carbocycles. The predicted molar refractivity (Wildman–Crippen MR) is 73.2 cm³/mol. The van der Waals surface area contributed by atoms with Crippen molar-refractivity contribution in [1.82, 2.24) is 14.9 Å². The van der Waals surface area contributed by atoms with E-state index in [1.54, 1.807) is 17.0 Å². The van der Waals surface area contributed by atoms with Crippen LogP contribution in [0.1, 0.15) is 27.7 Å². The van der Waals surface area contributed by atoms with Crippen LogP contribution in [0, 0.1) is 0 Å². The van der Waals surface area contributed by atoms with Crippen molar-refractivity contribution in [3.05, 3.63) is 22.7 Å². The number of aromatic nitrogens is 2. The van der Waals surface area contributed by atoms with Gasteiger partial charge in [0.2, 0.25) is 0 Å². The Hall–Kier alpha value is -1.36. The molecule has 18 heavy (non-hydrogen) atoms. The summed E-state index contributed by atoms with van der Waals surface area (Å²) in [5.74, 6) is 0.571. The van der Waals surface area contributed by atoms with Gasteiger partial charge in [-0.05, 0) is 27.7 Å². The van der Waals surface area contributed by atoms with Crippen molar-refractivity contribution in [3.63, 3.8) is 0 Å². The first kappa shape index (κ1) is 13.1. The summed E-state index contributed by atoms with van der Waals surface area (Å²) in [5, 5.41) is 3.32. The number of piperazine rings is 1. The summed E-state index contributed by atoms with van der Waals surface area (Å²) in [7, 11) is 0. The highest BCUT2D eigenvalue weighted by Crippen LogP contribution is 2.14. The number of hydrogen-bond acceptors (Lipinski definition) is 4. The van der Waals surface area contributed by atoms with Crippen LogP contribution in [0.4, 0.5) is 5.82 Å². The monoisotopic (exact) mass is 250 g/mol. The van der Waals surface area contributed by atoms with Crippen molar-refractivity contribution < 1.29 is 0 Å². The van der Waals surface area contributed by atoms with Gasteiger partial charge in [0, 0.05) is 43.6 Å². The van der Waals surface area contributed by atoms with E-state index in [4.69, 9.17) is 0 Å². The Bertz CT molecular complexity index is 475. The lowest BCUT2D eigenvalue weighted by Crippen LogP contribution is -2.52. The third-order valence-corrected chi connectivity index (χ3v) is 3.32. The Morgan fingerprint density at radius 2 is 2.17 bits per heavy atom. The van der Waals surface area contributed by atoms with Crippen molar-refractivity contribution in [2.45, 2.75) is 39.3 Å². The zero-order valence-electron chi connectivity index (χ0n) is 11.6. The quantitative estimate of drug-likeness (QED) is 0.801. The number of hydrogen-bond donors (Lipinski definition) is 1. The maximum Gasteiger partial charge on any atom is 0.293 e. The third kappa shape index (κ3) is 2.41. The minimum absolute atomic E-state index is 0.00116. The molecule has 1 N–H and O–H groups in total. The van der Waals surface area contributed by atoms with Crippen LogP contribution in [-0.2, 0) is 5.54 Å². The Balaban J connectivity index is 2.43. The SMILES string of the molecule is CC1CNCCN1c1nccn(C(C)(C)C)c1=O. The van der Waals surface area contributed by atoms with E-state index in [-0.39, 0.29) is 11.1 Å². The number of anilines is 1. The van der Waals surface area contributed by atoms with Crippen LogP contribution in [-0.4, -0.2) is 35.2 Å². The Labute approximate surface area is 108 Å². The summed E-state index contributed by atoms with van der Waals surface area (Å²) in [6, 6.07) is 0.301. The fourth-order valence-corrected chi connectivity index (χ4v) is 2.28. The second kappa shape index (κ2) is 4.72. The normalized spacial score (nSPS) is 21.1. The van der Waals surface area contributed by atoms with E-state index in [0.717, 1.165) is 19.6 Å². The van der Waals surface area contributed by atoms with Crippen LogP contribution in [0.25, 0.3) is 0 Å². The van der Waals surface area contributed by atoms with Gasteiger partial charge < -0.3 is 14.8 Å². The molecule has 1 aliphatic heterocycles. The molecule has 0 bridgehead atoms. The second-order valence-corrected chi connectivity index (χ2v) is 5.84. The fraction of sp³-hybridized carbons (Fsp3) is 0.692. The number of rotatable bonds is 1. The molecule has 0 saturated carbocycles. The molecule has 5 nitrogen and oxygen atoms in total. The van der Waals surface area contributed by atoms with Crippen LogP contribution >= 0.6 is 0 Å². The molecule has 1 saturated heterocycles. The summed E-state index contributed by atoms with van der Waals surface area (Å²) in [6.07, 6.45) is 3.48. The number of nitrogens with one attached hydrogen (secondary N) is 1. The molecule has 0 amide bonds. The van der Waals surface area contributed by atoms with Gasteiger partial charge in [0.15, 0.2) is 5.82 Å². The van der Waals surface area contributed by atoms with Crippen LogP contribution in [0.3, 0.4) is 0 Å². The van der Waals surface area contributed by atoms with Crippen LogP contribution in [0.5, 0.6) is 0 Å². The molecule has 1 atom stereocenters. The van der Waals surface area contributed by atoms with Gasteiger partial charge in [-0.2, -0.15) is 0 Å². The van der Waals surface area contributed by atoms with E-state index in [1.807, 2.05) is 20.8 Å². The molecule has 5 heteroatoms. The average molecular weight is 250 g/mol. The summed E-state index contributed by atoms with van der Waals surface area (Å²) in [5.41, 5.74) is -0.217. The summed E-state index contributed by atoms with van der Waals surface area (Å²) < 4.78 is 1.75. The maximum atomic E-state index is 12.5. The summed E-state index contributed by atoms with van der Waals surface area (Å²) in [6.45, 7) is 10.8. The fourth-order valence-electron chi connectivity index (χ4n) is 2.28. The third-order valence-electron chi connectivity index (χ3n) is 3.32. The molecule has 1 aromatic heterocycles. The molecule has 2 rings (SSSR count). The van der Waals surface area contributed by atoms with Gasteiger partial charge in [0.05, 0.1) is 0 Å². The highest BCUT2D eigenvalue weighted by Gasteiger charge is 2.24. The van der Waals surface area contributed by atoms with E-state index >= 15 is 0 Å². The van der Waals surface area contributed by atoms with Gasteiger partial charge in [-0.3, -0.25) is 4.79 Å². The second-order valence-electron chi connectivity index (χ2n) is 5.84. The van der Waals surface area contributed by atoms with Crippen LogP contribution in [0.2, 0.25) is 0 Å². The highest BCUT2D eigenvalue weighted by atomic mass is 16.1. The van der Waals surface area contributed by atoms with Crippen molar-refractivity contribution in [2.75, 3.05) is 24.5 Å². The Kier molecular flexibility index (Phi) is 3.43. The Morgan fingerprint density at radius 3 is 2.78 bits per heavy atom.